The van der Waals surface area contributed by atoms with Gasteiger partial charge in [-0.1, -0.05) is 42.5 Å². The topological polar surface area (TPSA) is 76.7 Å². The molecular weight excluding hydrogens is 286 g/mol. The number of benzene rings is 2. The van der Waals surface area contributed by atoms with E-state index in [1.165, 1.54) is 0 Å². The molecule has 2 aromatic rings. The number of nitrogens with zero attached hydrogens (tertiary/aromatic N) is 2. The summed E-state index contributed by atoms with van der Waals surface area (Å²) in [6, 6.07) is 16.2. The third kappa shape index (κ3) is 2.59. The van der Waals surface area contributed by atoms with Gasteiger partial charge in [0.25, 0.3) is 0 Å². The highest BCUT2D eigenvalue weighted by Gasteiger charge is 2.25. The molecule has 0 radical (unpaired) electrons. The molecule has 0 aromatic heterocycles. The Labute approximate surface area is 134 Å². The maximum absolute atomic E-state index is 12.8. The van der Waals surface area contributed by atoms with Crippen molar-refractivity contribution in [1.82, 2.24) is 5.32 Å². The molecule has 4 nitrogen and oxygen atoms in total. The van der Waals surface area contributed by atoms with Crippen molar-refractivity contribution in [2.75, 3.05) is 0 Å². The van der Waals surface area contributed by atoms with E-state index in [-0.39, 0.29) is 12.2 Å². The zero-order valence-corrected chi connectivity index (χ0v) is 12.3. The molecule has 23 heavy (non-hydrogen) atoms. The molecule has 0 amide bonds. The lowest BCUT2D eigenvalue weighted by molar-refractivity contribution is 0.103. The number of carbonyl (C=O) groups is 1. The average molecular weight is 299 g/mol. The van der Waals surface area contributed by atoms with Crippen LogP contribution in [0.2, 0.25) is 0 Å². The van der Waals surface area contributed by atoms with Gasteiger partial charge in [-0.25, -0.2) is 0 Å². The van der Waals surface area contributed by atoms with Crippen LogP contribution >= 0.6 is 0 Å². The fourth-order valence-corrected chi connectivity index (χ4v) is 2.78. The first-order chi connectivity index (χ1) is 11.3. The van der Waals surface area contributed by atoms with Crippen LogP contribution in [0.1, 0.15) is 38.7 Å². The van der Waals surface area contributed by atoms with Gasteiger partial charge in [0.15, 0.2) is 5.78 Å². The fourth-order valence-electron chi connectivity index (χ4n) is 2.78. The molecule has 0 spiro atoms. The van der Waals surface area contributed by atoms with Crippen molar-refractivity contribution in [2.24, 2.45) is 0 Å². The van der Waals surface area contributed by atoms with Gasteiger partial charge < -0.3 is 5.32 Å². The maximum Gasteiger partial charge on any atom is 0.193 e. The zero-order valence-electron chi connectivity index (χ0n) is 12.3. The van der Waals surface area contributed by atoms with Crippen molar-refractivity contribution in [2.45, 2.75) is 12.5 Å². The molecule has 1 N–H and O–H groups in total. The molecule has 110 valence electrons. The lowest BCUT2D eigenvalue weighted by atomic mass is 9.86. The summed E-state index contributed by atoms with van der Waals surface area (Å²) in [5.74, 6) is -0.122. The Bertz CT molecular complexity index is 870. The molecule has 0 aliphatic carbocycles. The molecule has 0 saturated carbocycles. The fraction of sp³-hybridized carbons (Fsp3) is 0.105. The van der Waals surface area contributed by atoms with Crippen LogP contribution < -0.4 is 5.32 Å². The van der Waals surface area contributed by atoms with E-state index in [0.717, 1.165) is 11.1 Å². The monoisotopic (exact) mass is 299 g/mol. The quantitative estimate of drug-likeness (QED) is 0.883. The highest BCUT2D eigenvalue weighted by molar-refractivity contribution is 6.10. The van der Waals surface area contributed by atoms with Gasteiger partial charge in [-0.3, -0.25) is 4.79 Å². The number of ketones is 1. The van der Waals surface area contributed by atoms with E-state index >= 15 is 0 Å². The van der Waals surface area contributed by atoms with E-state index in [1.807, 2.05) is 24.3 Å². The number of nitrogens with one attached hydrogen (secondary N) is 1. The minimum Gasteiger partial charge on any atom is -0.372 e. The summed E-state index contributed by atoms with van der Waals surface area (Å²) in [6.07, 6.45) is 3.75. The van der Waals surface area contributed by atoms with Gasteiger partial charge in [0.2, 0.25) is 0 Å². The Morgan fingerprint density at radius 2 is 1.91 bits per heavy atom. The van der Waals surface area contributed by atoms with Crippen molar-refractivity contribution < 1.29 is 4.79 Å². The van der Waals surface area contributed by atoms with Crippen molar-refractivity contribution in [3.05, 3.63) is 76.5 Å². The molecule has 1 aliphatic rings. The van der Waals surface area contributed by atoms with Crippen LogP contribution in [0.4, 0.5) is 0 Å². The second-order valence-electron chi connectivity index (χ2n) is 5.19. The molecule has 3 rings (SSSR count). The molecule has 1 heterocycles. The third-order valence-corrected chi connectivity index (χ3v) is 3.86. The standard InChI is InChI=1S/C19H13N3O/c20-10-8-13-6-7-16(19(23)14-4-2-1-3-5-14)18-15(13)9-11-22-17(18)12-21/h1-7,9,11,17,22H,8H2. The molecule has 0 bridgehead atoms. The van der Waals surface area contributed by atoms with E-state index < -0.39 is 6.04 Å². The van der Waals surface area contributed by atoms with E-state index in [2.05, 4.69) is 17.5 Å². The Hall–Kier alpha value is -3.37. The van der Waals surface area contributed by atoms with Gasteiger partial charge in [-0.2, -0.15) is 10.5 Å². The molecule has 0 saturated heterocycles. The van der Waals surface area contributed by atoms with Crippen LogP contribution in [0.15, 0.2) is 48.7 Å². The van der Waals surface area contributed by atoms with Crippen molar-refractivity contribution >= 4 is 11.9 Å². The number of hydrogen-bond donors (Lipinski definition) is 1. The summed E-state index contributed by atoms with van der Waals surface area (Å²) < 4.78 is 0. The first-order valence-corrected chi connectivity index (χ1v) is 7.21. The van der Waals surface area contributed by atoms with E-state index in [9.17, 15) is 10.1 Å². The van der Waals surface area contributed by atoms with Crippen LogP contribution in [-0.4, -0.2) is 5.78 Å². The summed E-state index contributed by atoms with van der Waals surface area (Å²) in [4.78, 5) is 12.8. The number of carbonyl (C=O) groups excluding carboxylic acids is 1. The van der Waals surface area contributed by atoms with Gasteiger partial charge in [-0.15, -0.1) is 0 Å². The van der Waals surface area contributed by atoms with Crippen LogP contribution in [-0.2, 0) is 6.42 Å². The largest absolute Gasteiger partial charge is 0.372 e. The minimum absolute atomic E-state index is 0.122. The summed E-state index contributed by atoms with van der Waals surface area (Å²) in [5, 5.41) is 21.4. The van der Waals surface area contributed by atoms with Crippen LogP contribution in [0, 0.1) is 22.7 Å². The normalized spacial score (nSPS) is 15.0. The molecule has 2 aromatic carbocycles. The second-order valence-corrected chi connectivity index (χ2v) is 5.19. The van der Waals surface area contributed by atoms with E-state index in [0.29, 0.717) is 16.7 Å². The second kappa shape index (κ2) is 6.17. The highest BCUT2D eigenvalue weighted by atomic mass is 16.1. The van der Waals surface area contributed by atoms with Gasteiger partial charge in [0, 0.05) is 16.7 Å². The van der Waals surface area contributed by atoms with Crippen LogP contribution in [0.25, 0.3) is 6.08 Å². The van der Waals surface area contributed by atoms with Crippen molar-refractivity contribution in [3.8, 4) is 12.1 Å². The number of hydrogen-bond acceptors (Lipinski definition) is 4. The van der Waals surface area contributed by atoms with E-state index in [4.69, 9.17) is 5.26 Å². The van der Waals surface area contributed by atoms with Crippen LogP contribution in [0.5, 0.6) is 0 Å². The Morgan fingerprint density at radius 3 is 2.61 bits per heavy atom. The molecule has 0 fully saturated rings. The Balaban J connectivity index is 2.20. The summed E-state index contributed by atoms with van der Waals surface area (Å²) in [7, 11) is 0. The predicted molar refractivity (Wildman–Crippen MR) is 86.2 cm³/mol. The zero-order chi connectivity index (χ0) is 16.2. The predicted octanol–water partition coefficient (Wildman–Crippen LogP) is 3.12. The first-order valence-electron chi connectivity index (χ1n) is 7.21. The molecule has 1 aliphatic heterocycles. The molecule has 1 unspecified atom stereocenters. The molecule has 4 heteroatoms. The summed E-state index contributed by atoms with van der Waals surface area (Å²) in [5.41, 5.74) is 3.34. The third-order valence-electron chi connectivity index (χ3n) is 3.86. The number of nitriles is 2. The Kier molecular flexibility index (Phi) is 3.91. The summed E-state index contributed by atoms with van der Waals surface area (Å²) >= 11 is 0. The maximum atomic E-state index is 12.8. The van der Waals surface area contributed by atoms with Gasteiger partial charge in [0.05, 0.1) is 18.6 Å². The average Bonchev–Trinajstić information content (AvgIpc) is 2.62. The van der Waals surface area contributed by atoms with Crippen LogP contribution in [0.3, 0.4) is 0 Å². The lowest BCUT2D eigenvalue weighted by Gasteiger charge is -2.23. The first kappa shape index (κ1) is 14.6. The lowest BCUT2D eigenvalue weighted by Crippen LogP contribution is -2.22. The molecule has 1 atom stereocenters. The number of rotatable bonds is 3. The minimum atomic E-state index is -0.601. The van der Waals surface area contributed by atoms with Crippen molar-refractivity contribution in [1.29, 1.82) is 10.5 Å². The number of fused-ring (bicyclic) bond motifs is 1. The van der Waals surface area contributed by atoms with Gasteiger partial charge in [-0.05, 0) is 23.4 Å². The highest BCUT2D eigenvalue weighted by Crippen LogP contribution is 2.31. The van der Waals surface area contributed by atoms with Crippen molar-refractivity contribution in [3.63, 3.8) is 0 Å². The van der Waals surface area contributed by atoms with Gasteiger partial charge >= 0.3 is 0 Å². The summed E-state index contributed by atoms with van der Waals surface area (Å²) in [6.45, 7) is 0. The smallest absolute Gasteiger partial charge is 0.193 e. The molecular formula is C19H13N3O. The van der Waals surface area contributed by atoms with Gasteiger partial charge in [0.1, 0.15) is 6.04 Å². The van der Waals surface area contributed by atoms with E-state index in [1.54, 1.807) is 30.5 Å². The Morgan fingerprint density at radius 1 is 1.13 bits per heavy atom. The SMILES string of the molecule is N#CCc1ccc(C(=O)c2ccccc2)c2c1C=CNC2C#N.